The van der Waals surface area contributed by atoms with Crippen LogP contribution in [0.2, 0.25) is 0 Å². The molecule has 0 N–H and O–H groups in total. The summed E-state index contributed by atoms with van der Waals surface area (Å²) in [5, 5.41) is 0. The molecule has 0 spiro atoms. The summed E-state index contributed by atoms with van der Waals surface area (Å²) >= 11 is 0. The Kier molecular flexibility index (Phi) is 6.62. The second-order valence-corrected chi connectivity index (χ2v) is 8.41. The van der Waals surface area contributed by atoms with Gasteiger partial charge in [-0.15, -0.1) is 0 Å². The van der Waals surface area contributed by atoms with Crippen LogP contribution in [0.1, 0.15) is 45.5 Å². The van der Waals surface area contributed by atoms with Crippen LogP contribution in [0.4, 0.5) is 18.9 Å². The number of halogens is 3. The van der Waals surface area contributed by atoms with Crippen molar-refractivity contribution in [2.45, 2.75) is 44.6 Å². The number of hydrogen-bond donors (Lipinski definition) is 0. The number of nitrogens with zero attached hydrogens (tertiary/aromatic N) is 2. The van der Waals surface area contributed by atoms with Crippen LogP contribution in [-0.2, 0) is 25.7 Å². The van der Waals surface area contributed by atoms with Gasteiger partial charge in [-0.25, -0.2) is 4.85 Å². The van der Waals surface area contributed by atoms with E-state index in [9.17, 15) is 18.0 Å². The van der Waals surface area contributed by atoms with Gasteiger partial charge in [-0.3, -0.25) is 9.69 Å². The third kappa shape index (κ3) is 6.09. The number of Topliss-reactive ketones (excluding diaryl/α,β-unsaturated/α-hetero) is 1. The predicted molar refractivity (Wildman–Crippen MR) is 121 cm³/mol. The Labute approximate surface area is 191 Å². The molecule has 1 aliphatic carbocycles. The molecule has 4 rings (SSSR count). The van der Waals surface area contributed by atoms with Gasteiger partial charge in [0.1, 0.15) is 0 Å². The molecule has 3 aromatic carbocycles. The van der Waals surface area contributed by atoms with Crippen molar-refractivity contribution in [2.75, 3.05) is 0 Å². The molecular weight excluding hydrogens is 425 g/mol. The highest BCUT2D eigenvalue weighted by Crippen LogP contribution is 2.32. The van der Waals surface area contributed by atoms with Crippen LogP contribution in [0.15, 0.2) is 72.8 Å². The summed E-state index contributed by atoms with van der Waals surface area (Å²) in [6.45, 7) is 8.21. The lowest BCUT2D eigenvalue weighted by Crippen LogP contribution is -2.25. The first-order valence-electron chi connectivity index (χ1n) is 10.8. The topological polar surface area (TPSA) is 24.7 Å². The molecule has 6 heteroatoms. The average Bonchev–Trinajstić information content (AvgIpc) is 3.65. The quantitative estimate of drug-likeness (QED) is 0.278. The summed E-state index contributed by atoms with van der Waals surface area (Å²) in [6, 6.07) is 20.3. The van der Waals surface area contributed by atoms with Gasteiger partial charge in [-0.05, 0) is 47.7 Å². The van der Waals surface area contributed by atoms with Crippen LogP contribution in [0.5, 0.6) is 0 Å². The van der Waals surface area contributed by atoms with E-state index in [1.807, 2.05) is 18.2 Å². The fraction of sp³-hybridized carbons (Fsp3) is 0.259. The molecule has 1 fully saturated rings. The molecule has 0 amide bonds. The second-order valence-electron chi connectivity index (χ2n) is 8.41. The Morgan fingerprint density at radius 3 is 2.15 bits per heavy atom. The second kappa shape index (κ2) is 9.60. The first kappa shape index (κ1) is 22.8. The van der Waals surface area contributed by atoms with Crippen molar-refractivity contribution in [3.8, 4) is 0 Å². The predicted octanol–water partition coefficient (Wildman–Crippen LogP) is 6.85. The molecule has 0 radical (unpaired) electrons. The third-order valence-electron chi connectivity index (χ3n) is 5.79. The Balaban J connectivity index is 1.43. The van der Waals surface area contributed by atoms with E-state index in [2.05, 4.69) is 9.74 Å². The van der Waals surface area contributed by atoms with Crippen molar-refractivity contribution in [3.05, 3.63) is 112 Å². The zero-order valence-electron chi connectivity index (χ0n) is 18.0. The average molecular weight is 448 g/mol. The normalized spacial score (nSPS) is 13.7. The minimum atomic E-state index is -4.33. The first-order chi connectivity index (χ1) is 15.8. The summed E-state index contributed by atoms with van der Waals surface area (Å²) in [5.41, 5.74) is 3.24. The van der Waals surface area contributed by atoms with Crippen molar-refractivity contribution in [1.82, 2.24) is 4.90 Å². The Morgan fingerprint density at radius 1 is 0.909 bits per heavy atom. The maximum atomic E-state index is 12.8. The van der Waals surface area contributed by atoms with Crippen LogP contribution in [-0.4, -0.2) is 16.7 Å². The molecule has 1 saturated carbocycles. The van der Waals surface area contributed by atoms with Gasteiger partial charge in [-0.2, -0.15) is 13.2 Å². The molecule has 0 heterocycles. The van der Waals surface area contributed by atoms with E-state index in [4.69, 9.17) is 6.57 Å². The highest BCUT2D eigenvalue weighted by Gasteiger charge is 2.31. The molecule has 3 nitrogen and oxygen atoms in total. The summed E-state index contributed by atoms with van der Waals surface area (Å²) in [4.78, 5) is 18.4. The first-order valence-corrected chi connectivity index (χ1v) is 10.8. The molecule has 0 aliphatic heterocycles. The standard InChI is InChI=1S/C27H23F3N2O/c1-31-24-11-7-19(8-12-24)16-26(33)22-4-2-3-21(15-22)18-32(25-13-14-25)17-20-5-9-23(10-6-20)27(28,29)30/h2-12,15,25H,13-14,16-18H2. The maximum Gasteiger partial charge on any atom is 0.416 e. The Bertz CT molecular complexity index is 1160. The van der Waals surface area contributed by atoms with Crippen LogP contribution in [0, 0.1) is 6.57 Å². The van der Waals surface area contributed by atoms with Crippen LogP contribution in [0.3, 0.4) is 0 Å². The summed E-state index contributed by atoms with van der Waals surface area (Å²) in [5.74, 6) is 0.00752. The van der Waals surface area contributed by atoms with Crippen molar-refractivity contribution >= 4 is 11.5 Å². The van der Waals surface area contributed by atoms with Gasteiger partial charge in [0.25, 0.3) is 0 Å². The fourth-order valence-electron chi connectivity index (χ4n) is 3.84. The van der Waals surface area contributed by atoms with Crippen molar-refractivity contribution in [1.29, 1.82) is 0 Å². The molecule has 1 aliphatic rings. The minimum absolute atomic E-state index is 0.00752. The highest BCUT2D eigenvalue weighted by molar-refractivity contribution is 5.97. The van der Waals surface area contributed by atoms with E-state index >= 15 is 0 Å². The van der Waals surface area contributed by atoms with Crippen molar-refractivity contribution in [2.24, 2.45) is 0 Å². The van der Waals surface area contributed by atoms with Crippen LogP contribution in [0.25, 0.3) is 4.85 Å². The number of hydrogen-bond acceptors (Lipinski definition) is 2. The molecule has 3 aromatic rings. The molecule has 33 heavy (non-hydrogen) atoms. The van der Waals surface area contributed by atoms with Gasteiger partial charge in [0.15, 0.2) is 11.5 Å². The number of alkyl halides is 3. The summed E-state index contributed by atoms with van der Waals surface area (Å²) in [7, 11) is 0. The summed E-state index contributed by atoms with van der Waals surface area (Å²) < 4.78 is 38.5. The molecular formula is C27H23F3N2O. The molecule has 0 unspecified atom stereocenters. The van der Waals surface area contributed by atoms with E-state index in [0.29, 0.717) is 30.4 Å². The largest absolute Gasteiger partial charge is 0.416 e. The summed E-state index contributed by atoms with van der Waals surface area (Å²) in [6.07, 6.45) is -1.93. The molecule has 0 saturated heterocycles. The van der Waals surface area contributed by atoms with Crippen LogP contribution >= 0.6 is 0 Å². The van der Waals surface area contributed by atoms with Crippen molar-refractivity contribution < 1.29 is 18.0 Å². The monoisotopic (exact) mass is 448 g/mol. The van der Waals surface area contributed by atoms with E-state index < -0.39 is 11.7 Å². The molecule has 0 bridgehead atoms. The Morgan fingerprint density at radius 2 is 1.55 bits per heavy atom. The third-order valence-corrected chi connectivity index (χ3v) is 5.79. The zero-order chi connectivity index (χ0) is 23.4. The molecule has 0 aromatic heterocycles. The van der Waals surface area contributed by atoms with Gasteiger partial charge in [0.2, 0.25) is 0 Å². The number of carbonyl (C=O) groups excluding carboxylic acids is 1. The minimum Gasteiger partial charge on any atom is -0.294 e. The number of benzene rings is 3. The lowest BCUT2D eigenvalue weighted by Gasteiger charge is -2.23. The van der Waals surface area contributed by atoms with Crippen molar-refractivity contribution in [3.63, 3.8) is 0 Å². The number of ketones is 1. The number of carbonyl (C=O) groups is 1. The highest BCUT2D eigenvalue weighted by atomic mass is 19.4. The van der Waals surface area contributed by atoms with Gasteiger partial charge < -0.3 is 0 Å². The van der Waals surface area contributed by atoms with Crippen LogP contribution < -0.4 is 0 Å². The van der Waals surface area contributed by atoms with Gasteiger partial charge >= 0.3 is 6.18 Å². The van der Waals surface area contributed by atoms with E-state index in [1.165, 1.54) is 12.1 Å². The lowest BCUT2D eigenvalue weighted by atomic mass is 10.0. The van der Waals surface area contributed by atoms with Gasteiger partial charge in [-0.1, -0.05) is 54.6 Å². The SMILES string of the molecule is [C-]#[N+]c1ccc(CC(=O)c2cccc(CN(Cc3ccc(C(F)(F)F)cc3)C3CC3)c2)cc1. The molecule has 168 valence electrons. The molecule has 0 atom stereocenters. The van der Waals surface area contributed by atoms with Gasteiger partial charge in [0, 0.05) is 31.1 Å². The van der Waals surface area contributed by atoms with E-state index in [1.54, 1.807) is 30.3 Å². The Hall–Kier alpha value is -3.43. The van der Waals surface area contributed by atoms with E-state index in [0.717, 1.165) is 41.7 Å². The fourth-order valence-corrected chi connectivity index (χ4v) is 3.84. The smallest absolute Gasteiger partial charge is 0.294 e. The maximum absolute atomic E-state index is 12.8. The van der Waals surface area contributed by atoms with E-state index in [-0.39, 0.29) is 12.2 Å². The lowest BCUT2D eigenvalue weighted by molar-refractivity contribution is -0.137. The zero-order valence-corrected chi connectivity index (χ0v) is 18.0. The van der Waals surface area contributed by atoms with Gasteiger partial charge in [0.05, 0.1) is 12.1 Å². The number of rotatable bonds is 8.